The molecule has 0 saturated carbocycles. The molecular formula is C12H19N3OS2. The second-order valence-corrected chi connectivity index (χ2v) is 6.89. The number of nitrogen functional groups attached to an aromatic ring is 1. The number of aryl methyl sites for hydroxylation is 1. The third-order valence-electron chi connectivity index (χ3n) is 3.08. The Hall–Kier alpha value is -0.560. The topological polar surface area (TPSA) is 58.4 Å². The van der Waals surface area contributed by atoms with Crippen LogP contribution < -0.4 is 11.3 Å². The lowest BCUT2D eigenvalue weighted by Crippen LogP contribution is -2.29. The van der Waals surface area contributed by atoms with Crippen LogP contribution in [-0.4, -0.2) is 35.4 Å². The summed E-state index contributed by atoms with van der Waals surface area (Å²) in [6.07, 6.45) is 1.25. The van der Waals surface area contributed by atoms with Gasteiger partial charge in [0.25, 0.3) is 5.91 Å². The molecule has 0 unspecified atom stereocenters. The lowest BCUT2D eigenvalue weighted by molar-refractivity contribution is 0.0957. The molecular weight excluding hydrogens is 266 g/mol. The van der Waals surface area contributed by atoms with E-state index in [0.717, 1.165) is 19.6 Å². The monoisotopic (exact) mass is 285 g/mol. The lowest BCUT2D eigenvalue weighted by Gasteiger charge is -2.19. The molecule has 1 aliphatic rings. The van der Waals surface area contributed by atoms with E-state index in [1.165, 1.54) is 39.7 Å². The second kappa shape index (κ2) is 6.56. The average molecular weight is 285 g/mol. The Kier molecular flexibility index (Phi) is 5.05. The van der Waals surface area contributed by atoms with Crippen molar-refractivity contribution in [2.24, 2.45) is 5.84 Å². The molecule has 0 bridgehead atoms. The normalized spacial score (nSPS) is 17.4. The highest BCUT2D eigenvalue weighted by molar-refractivity contribution is 7.99. The Balaban J connectivity index is 2.03. The number of nitrogens with zero attached hydrogens (tertiary/aromatic N) is 1. The van der Waals surface area contributed by atoms with E-state index >= 15 is 0 Å². The Bertz CT molecular complexity index is 411. The number of rotatable bonds is 3. The van der Waals surface area contributed by atoms with E-state index in [-0.39, 0.29) is 5.91 Å². The fourth-order valence-corrected chi connectivity index (χ4v) is 3.92. The molecule has 6 heteroatoms. The van der Waals surface area contributed by atoms with Crippen LogP contribution in [0.5, 0.6) is 0 Å². The van der Waals surface area contributed by atoms with Crippen LogP contribution in [0.25, 0.3) is 0 Å². The maximum atomic E-state index is 11.5. The largest absolute Gasteiger partial charge is 0.298 e. The molecule has 100 valence electrons. The average Bonchev–Trinajstić information content (AvgIpc) is 2.58. The van der Waals surface area contributed by atoms with Crippen LogP contribution >= 0.6 is 23.1 Å². The molecule has 0 aromatic carbocycles. The standard InChI is InChI=1S/C12H19N3OS2/c1-9-10(7-11(18-9)12(16)14-13)8-15-3-2-5-17-6-4-15/h7H,2-6,8,13H2,1H3,(H,14,16). The molecule has 0 atom stereocenters. The minimum Gasteiger partial charge on any atom is -0.298 e. The summed E-state index contributed by atoms with van der Waals surface area (Å²) in [5, 5.41) is 0. The van der Waals surface area contributed by atoms with Gasteiger partial charge < -0.3 is 0 Å². The van der Waals surface area contributed by atoms with E-state index in [4.69, 9.17) is 5.84 Å². The summed E-state index contributed by atoms with van der Waals surface area (Å²) in [6.45, 7) is 5.31. The van der Waals surface area contributed by atoms with Crippen LogP contribution in [0.4, 0.5) is 0 Å². The van der Waals surface area contributed by atoms with Gasteiger partial charge in [-0.1, -0.05) is 0 Å². The number of nitrogens with two attached hydrogens (primary N) is 1. The molecule has 1 amide bonds. The summed E-state index contributed by atoms with van der Waals surface area (Å²) >= 11 is 3.55. The van der Waals surface area contributed by atoms with Crippen molar-refractivity contribution in [3.8, 4) is 0 Å². The smallest absolute Gasteiger partial charge is 0.275 e. The predicted molar refractivity (Wildman–Crippen MR) is 77.9 cm³/mol. The first-order valence-corrected chi connectivity index (χ1v) is 8.08. The zero-order valence-electron chi connectivity index (χ0n) is 10.6. The Morgan fingerprint density at radius 3 is 3.11 bits per heavy atom. The van der Waals surface area contributed by atoms with E-state index in [1.54, 1.807) is 0 Å². The number of carbonyl (C=O) groups excluding carboxylic acids is 1. The fraction of sp³-hybridized carbons (Fsp3) is 0.583. The SMILES string of the molecule is Cc1sc(C(=O)NN)cc1CN1CCCSCC1. The maximum absolute atomic E-state index is 11.5. The number of nitrogens with one attached hydrogen (secondary N) is 1. The molecule has 0 aliphatic carbocycles. The van der Waals surface area contributed by atoms with E-state index in [0.29, 0.717) is 4.88 Å². The molecule has 1 aromatic rings. The van der Waals surface area contributed by atoms with Gasteiger partial charge in [0.2, 0.25) is 0 Å². The van der Waals surface area contributed by atoms with Crippen molar-refractivity contribution in [2.45, 2.75) is 19.9 Å². The number of thiophene rings is 1. The second-order valence-electron chi connectivity index (χ2n) is 4.41. The molecule has 3 N–H and O–H groups in total. The Morgan fingerprint density at radius 2 is 2.33 bits per heavy atom. The molecule has 2 rings (SSSR count). The Labute approximate surface area is 116 Å². The van der Waals surface area contributed by atoms with Crippen molar-refractivity contribution < 1.29 is 4.79 Å². The van der Waals surface area contributed by atoms with Gasteiger partial charge >= 0.3 is 0 Å². The first kappa shape index (κ1) is 13.9. The first-order chi connectivity index (χ1) is 8.70. The zero-order valence-corrected chi connectivity index (χ0v) is 12.2. The summed E-state index contributed by atoms with van der Waals surface area (Å²) in [6, 6.07) is 1.97. The fourth-order valence-electron chi connectivity index (χ4n) is 2.06. The molecule has 1 fully saturated rings. The number of carbonyl (C=O) groups is 1. The van der Waals surface area contributed by atoms with Gasteiger partial charge in [0.1, 0.15) is 0 Å². The molecule has 4 nitrogen and oxygen atoms in total. The van der Waals surface area contributed by atoms with Crippen molar-refractivity contribution in [3.05, 3.63) is 21.4 Å². The minimum atomic E-state index is -0.194. The quantitative estimate of drug-likeness (QED) is 0.503. The first-order valence-electron chi connectivity index (χ1n) is 6.11. The minimum absolute atomic E-state index is 0.194. The van der Waals surface area contributed by atoms with Gasteiger partial charge in [-0.2, -0.15) is 11.8 Å². The van der Waals surface area contributed by atoms with E-state index in [9.17, 15) is 4.79 Å². The number of thioether (sulfide) groups is 1. The Morgan fingerprint density at radius 1 is 1.50 bits per heavy atom. The van der Waals surface area contributed by atoms with Crippen LogP contribution in [0.2, 0.25) is 0 Å². The van der Waals surface area contributed by atoms with Gasteiger partial charge in [-0.3, -0.25) is 15.1 Å². The lowest BCUT2D eigenvalue weighted by atomic mass is 10.2. The number of amides is 1. The molecule has 1 aromatic heterocycles. The summed E-state index contributed by atoms with van der Waals surface area (Å²) in [4.78, 5) is 15.9. The highest BCUT2D eigenvalue weighted by atomic mass is 32.2. The highest BCUT2D eigenvalue weighted by Crippen LogP contribution is 2.23. The van der Waals surface area contributed by atoms with Crippen molar-refractivity contribution >= 4 is 29.0 Å². The highest BCUT2D eigenvalue weighted by Gasteiger charge is 2.15. The summed E-state index contributed by atoms with van der Waals surface area (Å²) in [7, 11) is 0. The van der Waals surface area contributed by atoms with Gasteiger partial charge in [0.05, 0.1) is 4.88 Å². The molecule has 18 heavy (non-hydrogen) atoms. The van der Waals surface area contributed by atoms with Gasteiger partial charge in [0.15, 0.2) is 0 Å². The van der Waals surface area contributed by atoms with E-state index < -0.39 is 0 Å². The predicted octanol–water partition coefficient (Wildman–Crippen LogP) is 1.60. The van der Waals surface area contributed by atoms with Crippen molar-refractivity contribution in [1.29, 1.82) is 0 Å². The maximum Gasteiger partial charge on any atom is 0.275 e. The molecule has 0 spiro atoms. The van der Waals surface area contributed by atoms with Crippen LogP contribution in [0, 0.1) is 6.92 Å². The molecule has 2 heterocycles. The van der Waals surface area contributed by atoms with E-state index in [1.807, 2.05) is 17.8 Å². The molecule has 1 aliphatic heterocycles. The van der Waals surface area contributed by atoms with Crippen LogP contribution in [0.1, 0.15) is 26.5 Å². The zero-order chi connectivity index (χ0) is 13.0. The van der Waals surface area contributed by atoms with Crippen molar-refractivity contribution in [3.63, 3.8) is 0 Å². The van der Waals surface area contributed by atoms with Crippen molar-refractivity contribution in [1.82, 2.24) is 10.3 Å². The van der Waals surface area contributed by atoms with Gasteiger partial charge in [0, 0.05) is 23.7 Å². The van der Waals surface area contributed by atoms with Crippen molar-refractivity contribution in [2.75, 3.05) is 24.6 Å². The number of hydrogen-bond acceptors (Lipinski definition) is 5. The number of hydrogen-bond donors (Lipinski definition) is 2. The third kappa shape index (κ3) is 3.47. The van der Waals surface area contributed by atoms with Gasteiger partial charge in [-0.05, 0) is 37.3 Å². The van der Waals surface area contributed by atoms with E-state index in [2.05, 4.69) is 17.2 Å². The van der Waals surface area contributed by atoms with Crippen LogP contribution in [0.3, 0.4) is 0 Å². The third-order valence-corrected chi connectivity index (χ3v) is 5.22. The molecule has 0 radical (unpaired) electrons. The molecule has 1 saturated heterocycles. The number of hydrazine groups is 1. The van der Waals surface area contributed by atoms with Gasteiger partial charge in [-0.25, -0.2) is 5.84 Å². The summed E-state index contributed by atoms with van der Waals surface area (Å²) in [5.74, 6) is 7.44. The summed E-state index contributed by atoms with van der Waals surface area (Å²) in [5.41, 5.74) is 3.45. The van der Waals surface area contributed by atoms with Crippen LogP contribution in [-0.2, 0) is 6.54 Å². The van der Waals surface area contributed by atoms with Crippen LogP contribution in [0.15, 0.2) is 6.07 Å². The van der Waals surface area contributed by atoms with Gasteiger partial charge in [-0.15, -0.1) is 11.3 Å². The summed E-state index contributed by atoms with van der Waals surface area (Å²) < 4.78 is 0.